The molecule has 0 amide bonds. The molecule has 100 valence electrons. The number of halogens is 1. The van der Waals surface area contributed by atoms with E-state index >= 15 is 0 Å². The highest BCUT2D eigenvalue weighted by molar-refractivity contribution is 5.65. The van der Waals surface area contributed by atoms with Gasteiger partial charge in [-0.15, -0.1) is 0 Å². The molecule has 0 saturated carbocycles. The maximum Gasteiger partial charge on any atom is 0.165 e. The number of ether oxygens (including phenoxy) is 1. The van der Waals surface area contributed by atoms with Crippen molar-refractivity contribution in [2.75, 3.05) is 17.9 Å². The molecule has 1 aromatic heterocycles. The number of nitrogens with two attached hydrogens (primary N) is 1. The number of nitrogens with zero attached hydrogens (tertiary/aromatic N) is 2. The first-order chi connectivity index (χ1) is 9.15. The van der Waals surface area contributed by atoms with Crippen LogP contribution < -0.4 is 21.3 Å². The Labute approximate surface area is 109 Å². The van der Waals surface area contributed by atoms with Crippen LogP contribution >= 0.6 is 0 Å². The SMILES string of the molecule is COc1cc(Nc2ncnc(NN)c2C)ccc1F. The van der Waals surface area contributed by atoms with E-state index in [1.54, 1.807) is 12.1 Å². The first kappa shape index (κ1) is 13.0. The van der Waals surface area contributed by atoms with E-state index in [2.05, 4.69) is 20.7 Å². The van der Waals surface area contributed by atoms with Gasteiger partial charge in [-0.05, 0) is 19.1 Å². The molecule has 0 aliphatic carbocycles. The second-order valence-corrected chi connectivity index (χ2v) is 3.81. The molecule has 0 radical (unpaired) electrons. The summed E-state index contributed by atoms with van der Waals surface area (Å²) < 4.78 is 18.2. The average molecular weight is 263 g/mol. The van der Waals surface area contributed by atoms with Crippen LogP contribution in [0.1, 0.15) is 5.56 Å². The lowest BCUT2D eigenvalue weighted by atomic mass is 10.2. The van der Waals surface area contributed by atoms with Gasteiger partial charge in [-0.1, -0.05) is 0 Å². The van der Waals surface area contributed by atoms with E-state index in [0.717, 1.165) is 5.56 Å². The fourth-order valence-electron chi connectivity index (χ4n) is 1.60. The predicted octanol–water partition coefficient (Wildman–Crippen LogP) is 1.96. The van der Waals surface area contributed by atoms with Crippen molar-refractivity contribution >= 4 is 17.3 Å². The van der Waals surface area contributed by atoms with Gasteiger partial charge in [-0.25, -0.2) is 20.2 Å². The van der Waals surface area contributed by atoms with Gasteiger partial charge >= 0.3 is 0 Å². The van der Waals surface area contributed by atoms with E-state index < -0.39 is 5.82 Å². The van der Waals surface area contributed by atoms with E-state index in [1.807, 2.05) is 6.92 Å². The number of methoxy groups -OCH3 is 1. The van der Waals surface area contributed by atoms with Crippen LogP contribution in [-0.4, -0.2) is 17.1 Å². The van der Waals surface area contributed by atoms with Crippen LogP contribution in [0.15, 0.2) is 24.5 Å². The van der Waals surface area contributed by atoms with Crippen molar-refractivity contribution in [3.8, 4) is 5.75 Å². The first-order valence-corrected chi connectivity index (χ1v) is 5.54. The summed E-state index contributed by atoms with van der Waals surface area (Å²) >= 11 is 0. The second-order valence-electron chi connectivity index (χ2n) is 3.81. The minimum absolute atomic E-state index is 0.161. The molecule has 0 fully saturated rings. The number of aromatic nitrogens is 2. The Kier molecular flexibility index (Phi) is 3.76. The van der Waals surface area contributed by atoms with Gasteiger partial charge in [0.1, 0.15) is 18.0 Å². The fraction of sp³-hybridized carbons (Fsp3) is 0.167. The summed E-state index contributed by atoms with van der Waals surface area (Å²) in [6.45, 7) is 1.82. The summed E-state index contributed by atoms with van der Waals surface area (Å²) in [5.74, 6) is 6.18. The number of hydrogen-bond acceptors (Lipinski definition) is 6. The number of hydrazine groups is 1. The molecule has 7 heteroatoms. The molecule has 6 nitrogen and oxygen atoms in total. The van der Waals surface area contributed by atoms with Gasteiger partial charge in [0.15, 0.2) is 11.6 Å². The predicted molar refractivity (Wildman–Crippen MR) is 70.8 cm³/mol. The minimum Gasteiger partial charge on any atom is -0.494 e. The molecule has 1 heterocycles. The second kappa shape index (κ2) is 5.49. The maximum absolute atomic E-state index is 13.3. The molecule has 0 aliphatic heterocycles. The normalized spacial score (nSPS) is 10.1. The number of nitrogen functional groups attached to an aromatic ring is 1. The van der Waals surface area contributed by atoms with Crippen LogP contribution in [0.2, 0.25) is 0 Å². The lowest BCUT2D eigenvalue weighted by Gasteiger charge is -2.11. The Balaban J connectivity index is 2.31. The monoisotopic (exact) mass is 263 g/mol. The standard InChI is InChI=1S/C12H14FN5O/c1-7-11(15-6-16-12(7)18-14)17-8-3-4-9(13)10(5-8)19-2/h3-6H,14H2,1-2H3,(H2,15,16,17,18). The van der Waals surface area contributed by atoms with E-state index in [-0.39, 0.29) is 5.75 Å². The smallest absolute Gasteiger partial charge is 0.165 e. The highest BCUT2D eigenvalue weighted by Crippen LogP contribution is 2.26. The lowest BCUT2D eigenvalue weighted by molar-refractivity contribution is 0.387. The van der Waals surface area contributed by atoms with Crippen LogP contribution in [0.3, 0.4) is 0 Å². The Bertz CT molecular complexity index is 590. The van der Waals surface area contributed by atoms with Gasteiger partial charge in [-0.2, -0.15) is 0 Å². The van der Waals surface area contributed by atoms with Crippen LogP contribution in [0.5, 0.6) is 5.75 Å². The van der Waals surface area contributed by atoms with Crippen LogP contribution in [0.25, 0.3) is 0 Å². The molecular formula is C12H14FN5O. The van der Waals surface area contributed by atoms with Crippen molar-refractivity contribution in [2.45, 2.75) is 6.92 Å². The maximum atomic E-state index is 13.3. The molecule has 0 atom stereocenters. The van der Waals surface area contributed by atoms with Gasteiger partial charge in [0.05, 0.1) is 7.11 Å². The Morgan fingerprint density at radius 3 is 2.68 bits per heavy atom. The third-order valence-corrected chi connectivity index (χ3v) is 2.63. The summed E-state index contributed by atoms with van der Waals surface area (Å²) in [6.07, 6.45) is 1.38. The largest absolute Gasteiger partial charge is 0.494 e. The number of anilines is 3. The molecule has 0 spiro atoms. The van der Waals surface area contributed by atoms with Crippen molar-refractivity contribution in [1.29, 1.82) is 0 Å². The molecule has 0 aliphatic rings. The van der Waals surface area contributed by atoms with Gasteiger partial charge in [0.25, 0.3) is 0 Å². The Morgan fingerprint density at radius 1 is 1.26 bits per heavy atom. The molecule has 2 aromatic rings. The number of hydrogen-bond donors (Lipinski definition) is 3. The number of rotatable bonds is 4. The summed E-state index contributed by atoms with van der Waals surface area (Å²) in [6, 6.07) is 4.46. The summed E-state index contributed by atoms with van der Waals surface area (Å²) in [4.78, 5) is 8.08. The summed E-state index contributed by atoms with van der Waals surface area (Å²) in [5, 5.41) is 3.06. The quantitative estimate of drug-likeness (QED) is 0.577. The molecule has 19 heavy (non-hydrogen) atoms. The Morgan fingerprint density at radius 2 is 2.00 bits per heavy atom. The van der Waals surface area contributed by atoms with Crippen molar-refractivity contribution in [3.63, 3.8) is 0 Å². The van der Waals surface area contributed by atoms with Gasteiger partial charge in [0, 0.05) is 17.3 Å². The number of nitrogens with one attached hydrogen (secondary N) is 2. The third-order valence-electron chi connectivity index (χ3n) is 2.63. The van der Waals surface area contributed by atoms with E-state index in [0.29, 0.717) is 17.3 Å². The van der Waals surface area contributed by atoms with Crippen molar-refractivity contribution in [1.82, 2.24) is 9.97 Å². The van der Waals surface area contributed by atoms with Crippen LogP contribution in [0.4, 0.5) is 21.7 Å². The fourth-order valence-corrected chi connectivity index (χ4v) is 1.60. The molecule has 2 rings (SSSR count). The number of benzene rings is 1. The van der Waals surface area contributed by atoms with E-state index in [1.165, 1.54) is 19.5 Å². The topological polar surface area (TPSA) is 85.1 Å². The average Bonchev–Trinajstić information content (AvgIpc) is 2.43. The van der Waals surface area contributed by atoms with E-state index in [9.17, 15) is 4.39 Å². The van der Waals surface area contributed by atoms with Crippen molar-refractivity contribution < 1.29 is 9.13 Å². The molecule has 0 saturated heterocycles. The molecule has 4 N–H and O–H groups in total. The van der Waals surface area contributed by atoms with Crippen molar-refractivity contribution in [3.05, 3.63) is 35.9 Å². The van der Waals surface area contributed by atoms with Crippen LogP contribution in [-0.2, 0) is 0 Å². The molecular weight excluding hydrogens is 249 g/mol. The van der Waals surface area contributed by atoms with E-state index in [4.69, 9.17) is 10.6 Å². The van der Waals surface area contributed by atoms with Crippen molar-refractivity contribution in [2.24, 2.45) is 5.84 Å². The highest BCUT2D eigenvalue weighted by Gasteiger charge is 2.08. The highest BCUT2D eigenvalue weighted by atomic mass is 19.1. The first-order valence-electron chi connectivity index (χ1n) is 5.54. The zero-order valence-electron chi connectivity index (χ0n) is 10.6. The molecule has 1 aromatic carbocycles. The van der Waals surface area contributed by atoms with Gasteiger partial charge in [0.2, 0.25) is 0 Å². The van der Waals surface area contributed by atoms with Gasteiger partial charge < -0.3 is 15.5 Å². The molecule has 0 bridgehead atoms. The van der Waals surface area contributed by atoms with Crippen LogP contribution in [0, 0.1) is 12.7 Å². The van der Waals surface area contributed by atoms with Gasteiger partial charge in [-0.3, -0.25) is 0 Å². The zero-order valence-corrected chi connectivity index (χ0v) is 10.6. The molecule has 0 unspecified atom stereocenters. The minimum atomic E-state index is -0.420. The summed E-state index contributed by atoms with van der Waals surface area (Å²) in [5.41, 5.74) is 3.89. The third kappa shape index (κ3) is 2.71. The Hall–Kier alpha value is -2.41. The zero-order chi connectivity index (χ0) is 13.8. The lowest BCUT2D eigenvalue weighted by Crippen LogP contribution is -2.11. The summed E-state index contributed by atoms with van der Waals surface area (Å²) in [7, 11) is 1.41.